The zero-order valence-corrected chi connectivity index (χ0v) is 17.6. The first-order chi connectivity index (χ1) is 13.9. The van der Waals surface area contributed by atoms with E-state index in [1.807, 2.05) is 19.1 Å². The van der Waals surface area contributed by atoms with E-state index in [1.54, 1.807) is 0 Å². The van der Waals surface area contributed by atoms with Crippen LogP contribution in [-0.4, -0.2) is 39.4 Å². The van der Waals surface area contributed by atoms with Crippen LogP contribution >= 0.6 is 0 Å². The van der Waals surface area contributed by atoms with Crippen LogP contribution in [0.1, 0.15) is 68.1 Å². The average Bonchev–Trinajstić information content (AvgIpc) is 3.56. The van der Waals surface area contributed by atoms with Gasteiger partial charge in [-0.05, 0) is 48.8 Å². The molecule has 3 N–H and O–H groups in total. The summed E-state index contributed by atoms with van der Waals surface area (Å²) in [5, 5.41) is 23.0. The van der Waals surface area contributed by atoms with E-state index in [2.05, 4.69) is 36.2 Å². The van der Waals surface area contributed by atoms with E-state index in [0.29, 0.717) is 11.8 Å². The largest absolute Gasteiger partial charge is 0.394 e. The van der Waals surface area contributed by atoms with Crippen molar-refractivity contribution in [2.24, 2.45) is 5.92 Å². The summed E-state index contributed by atoms with van der Waals surface area (Å²) in [6.45, 7) is 7.79. The highest BCUT2D eigenvalue weighted by Crippen LogP contribution is 2.39. The van der Waals surface area contributed by atoms with E-state index in [0.717, 1.165) is 55.4 Å². The van der Waals surface area contributed by atoms with Gasteiger partial charge in [-0.1, -0.05) is 32.0 Å². The second kappa shape index (κ2) is 8.28. The van der Waals surface area contributed by atoms with Gasteiger partial charge in [0.2, 0.25) is 0 Å². The van der Waals surface area contributed by atoms with Gasteiger partial charge in [-0.15, -0.1) is 0 Å². The van der Waals surface area contributed by atoms with Crippen LogP contribution in [0.25, 0.3) is 0 Å². The van der Waals surface area contributed by atoms with Gasteiger partial charge in [0.1, 0.15) is 17.5 Å². The molecule has 0 bridgehead atoms. The summed E-state index contributed by atoms with van der Waals surface area (Å²) in [4.78, 5) is 11.9. The lowest BCUT2D eigenvalue weighted by atomic mass is 9.96. The third-order valence-corrected chi connectivity index (χ3v) is 6.06. The SMILES string of the molecule is CC(C)[C@H](CO)Nc1cc(N2CCc3cc([C@@H](C)O)ccc3C2)nc(C2CC2)n1. The molecular formula is C23H32N4O2. The Labute approximate surface area is 173 Å². The molecule has 29 heavy (non-hydrogen) atoms. The number of aliphatic hydroxyl groups is 2. The Morgan fingerprint density at radius 2 is 1.93 bits per heavy atom. The topological polar surface area (TPSA) is 81.5 Å². The molecule has 0 radical (unpaired) electrons. The molecule has 2 aromatic rings. The van der Waals surface area contributed by atoms with Crippen LogP contribution in [0.3, 0.4) is 0 Å². The Kier molecular flexibility index (Phi) is 5.74. The van der Waals surface area contributed by atoms with E-state index < -0.39 is 6.10 Å². The number of aromatic nitrogens is 2. The molecule has 6 nitrogen and oxygen atoms in total. The first-order valence-corrected chi connectivity index (χ1v) is 10.8. The van der Waals surface area contributed by atoms with E-state index >= 15 is 0 Å². The molecule has 0 spiro atoms. The lowest BCUT2D eigenvalue weighted by molar-refractivity contribution is 0.199. The monoisotopic (exact) mass is 396 g/mol. The number of benzene rings is 1. The molecule has 2 atom stereocenters. The lowest BCUT2D eigenvalue weighted by Crippen LogP contribution is -2.32. The summed E-state index contributed by atoms with van der Waals surface area (Å²) >= 11 is 0. The maximum absolute atomic E-state index is 9.85. The van der Waals surface area contributed by atoms with Crippen molar-refractivity contribution in [1.82, 2.24) is 9.97 Å². The first kappa shape index (κ1) is 20.1. The molecule has 0 amide bonds. The van der Waals surface area contributed by atoms with Gasteiger partial charge in [-0.25, -0.2) is 9.97 Å². The van der Waals surface area contributed by atoms with Gasteiger partial charge >= 0.3 is 0 Å². The zero-order chi connectivity index (χ0) is 20.5. The Morgan fingerprint density at radius 1 is 1.14 bits per heavy atom. The summed E-state index contributed by atoms with van der Waals surface area (Å²) in [7, 11) is 0. The number of aliphatic hydroxyl groups excluding tert-OH is 2. The van der Waals surface area contributed by atoms with E-state index in [-0.39, 0.29) is 12.6 Å². The number of fused-ring (bicyclic) bond motifs is 1. The molecule has 1 aromatic carbocycles. The Balaban J connectivity index is 1.59. The van der Waals surface area contributed by atoms with E-state index in [1.165, 1.54) is 11.1 Å². The van der Waals surface area contributed by atoms with Crippen LogP contribution in [0.15, 0.2) is 24.3 Å². The van der Waals surface area contributed by atoms with Crippen molar-refractivity contribution in [3.8, 4) is 0 Å². The summed E-state index contributed by atoms with van der Waals surface area (Å²) in [5.41, 5.74) is 3.58. The molecule has 2 aliphatic rings. The smallest absolute Gasteiger partial charge is 0.136 e. The molecule has 4 rings (SSSR count). The number of hydrogen-bond donors (Lipinski definition) is 3. The van der Waals surface area contributed by atoms with Gasteiger partial charge in [0, 0.05) is 25.1 Å². The molecule has 1 fully saturated rings. The number of hydrogen-bond acceptors (Lipinski definition) is 6. The first-order valence-electron chi connectivity index (χ1n) is 10.8. The van der Waals surface area contributed by atoms with Crippen LogP contribution < -0.4 is 10.2 Å². The molecular weight excluding hydrogens is 364 g/mol. The summed E-state index contributed by atoms with van der Waals surface area (Å²) < 4.78 is 0. The van der Waals surface area contributed by atoms with Gasteiger partial charge in [0.15, 0.2) is 0 Å². The van der Waals surface area contributed by atoms with E-state index in [9.17, 15) is 10.2 Å². The number of nitrogens with one attached hydrogen (secondary N) is 1. The fourth-order valence-electron chi connectivity index (χ4n) is 3.85. The molecule has 0 saturated heterocycles. The zero-order valence-electron chi connectivity index (χ0n) is 17.6. The lowest BCUT2D eigenvalue weighted by Gasteiger charge is -2.31. The van der Waals surface area contributed by atoms with Crippen LogP contribution in [0.4, 0.5) is 11.6 Å². The molecule has 156 valence electrons. The summed E-state index contributed by atoms with van der Waals surface area (Å²) in [6.07, 6.45) is 2.81. The molecule has 6 heteroatoms. The van der Waals surface area contributed by atoms with Crippen LogP contribution in [0, 0.1) is 5.92 Å². The summed E-state index contributed by atoms with van der Waals surface area (Å²) in [6, 6.07) is 8.28. The molecule has 1 aliphatic heterocycles. The van der Waals surface area contributed by atoms with Gasteiger partial charge in [-0.3, -0.25) is 0 Å². The number of anilines is 2. The number of rotatable bonds is 7. The quantitative estimate of drug-likeness (QED) is 0.666. The third-order valence-electron chi connectivity index (χ3n) is 6.06. The predicted molar refractivity (Wildman–Crippen MR) is 115 cm³/mol. The van der Waals surface area contributed by atoms with Crippen LogP contribution in [-0.2, 0) is 13.0 Å². The Morgan fingerprint density at radius 3 is 2.59 bits per heavy atom. The Hall–Kier alpha value is -2.18. The standard InChI is InChI=1S/C23H32N4O2/c1-14(2)20(13-28)24-21-11-22(26-23(25-21)16-4-5-16)27-9-8-18-10-17(15(3)29)6-7-19(18)12-27/h6-7,10-11,14-16,20,28-29H,4-5,8-9,12-13H2,1-3H3,(H,24,25,26)/t15-,20+/m1/s1. The Bertz CT molecular complexity index is 864. The van der Waals surface area contributed by atoms with Crippen LogP contribution in [0.5, 0.6) is 0 Å². The molecule has 0 unspecified atom stereocenters. The minimum absolute atomic E-state index is 0.0224. The normalized spacial score (nSPS) is 18.5. The second-order valence-corrected chi connectivity index (χ2v) is 8.80. The van der Waals surface area contributed by atoms with Crippen molar-refractivity contribution in [1.29, 1.82) is 0 Å². The maximum Gasteiger partial charge on any atom is 0.136 e. The van der Waals surface area contributed by atoms with Crippen molar-refractivity contribution in [2.45, 2.75) is 64.6 Å². The fourth-order valence-corrected chi connectivity index (χ4v) is 3.85. The minimum atomic E-state index is -0.435. The van der Waals surface area contributed by atoms with Crippen molar-refractivity contribution >= 4 is 11.6 Å². The highest BCUT2D eigenvalue weighted by atomic mass is 16.3. The predicted octanol–water partition coefficient (Wildman–Crippen LogP) is 3.40. The summed E-state index contributed by atoms with van der Waals surface area (Å²) in [5.74, 6) is 3.45. The molecule has 2 heterocycles. The van der Waals surface area contributed by atoms with Crippen molar-refractivity contribution in [3.63, 3.8) is 0 Å². The average molecular weight is 397 g/mol. The highest BCUT2D eigenvalue weighted by molar-refractivity contribution is 5.53. The number of nitrogens with zero attached hydrogens (tertiary/aromatic N) is 3. The maximum atomic E-state index is 9.85. The minimum Gasteiger partial charge on any atom is -0.394 e. The van der Waals surface area contributed by atoms with Gasteiger partial charge < -0.3 is 20.4 Å². The second-order valence-electron chi connectivity index (χ2n) is 8.80. The molecule has 1 aromatic heterocycles. The van der Waals surface area contributed by atoms with E-state index in [4.69, 9.17) is 9.97 Å². The molecule has 1 aliphatic carbocycles. The van der Waals surface area contributed by atoms with Crippen molar-refractivity contribution in [3.05, 3.63) is 46.8 Å². The van der Waals surface area contributed by atoms with Crippen molar-refractivity contribution < 1.29 is 10.2 Å². The van der Waals surface area contributed by atoms with Gasteiger partial charge in [-0.2, -0.15) is 0 Å². The van der Waals surface area contributed by atoms with Gasteiger partial charge in [0.25, 0.3) is 0 Å². The van der Waals surface area contributed by atoms with Gasteiger partial charge in [0.05, 0.1) is 18.8 Å². The van der Waals surface area contributed by atoms with Crippen molar-refractivity contribution in [2.75, 3.05) is 23.4 Å². The fraction of sp³-hybridized carbons (Fsp3) is 0.565. The highest BCUT2D eigenvalue weighted by Gasteiger charge is 2.29. The molecule has 1 saturated carbocycles. The van der Waals surface area contributed by atoms with Crippen LogP contribution in [0.2, 0.25) is 0 Å². The third kappa shape index (κ3) is 4.54.